The Labute approximate surface area is 135 Å². The molecule has 6 nitrogen and oxygen atoms in total. The first-order chi connectivity index (χ1) is 11.2. The number of anilines is 1. The van der Waals surface area contributed by atoms with E-state index < -0.39 is 0 Å². The predicted octanol–water partition coefficient (Wildman–Crippen LogP) is 2.21. The SMILES string of the molecule is CCOC(=O)CN(CCC#N)c1ccn(Cc2ccccc2)n1. The molecule has 0 aliphatic rings. The first-order valence-corrected chi connectivity index (χ1v) is 7.58. The van der Waals surface area contributed by atoms with E-state index in [0.29, 0.717) is 31.9 Å². The van der Waals surface area contributed by atoms with Crippen molar-refractivity contribution in [1.29, 1.82) is 5.26 Å². The van der Waals surface area contributed by atoms with E-state index >= 15 is 0 Å². The Morgan fingerprint density at radius 3 is 2.83 bits per heavy atom. The molecule has 0 saturated heterocycles. The van der Waals surface area contributed by atoms with E-state index in [-0.39, 0.29) is 12.5 Å². The zero-order valence-corrected chi connectivity index (χ0v) is 13.2. The largest absolute Gasteiger partial charge is 0.465 e. The van der Waals surface area contributed by atoms with Crippen LogP contribution in [0.5, 0.6) is 0 Å². The molecule has 0 fully saturated rings. The molecule has 0 spiro atoms. The van der Waals surface area contributed by atoms with Gasteiger partial charge in [0, 0.05) is 18.8 Å². The van der Waals surface area contributed by atoms with E-state index in [0.717, 1.165) is 5.56 Å². The van der Waals surface area contributed by atoms with Crippen molar-refractivity contribution in [3.63, 3.8) is 0 Å². The highest BCUT2D eigenvalue weighted by Gasteiger charge is 2.14. The molecule has 0 radical (unpaired) electrons. The summed E-state index contributed by atoms with van der Waals surface area (Å²) in [5, 5.41) is 13.3. The van der Waals surface area contributed by atoms with Gasteiger partial charge in [-0.15, -0.1) is 0 Å². The van der Waals surface area contributed by atoms with Crippen LogP contribution in [-0.4, -0.2) is 35.4 Å². The maximum absolute atomic E-state index is 11.7. The van der Waals surface area contributed by atoms with Crippen LogP contribution in [0.25, 0.3) is 0 Å². The summed E-state index contributed by atoms with van der Waals surface area (Å²) < 4.78 is 6.79. The third kappa shape index (κ3) is 5.15. The van der Waals surface area contributed by atoms with Gasteiger partial charge in [0.05, 0.1) is 25.6 Å². The Morgan fingerprint density at radius 1 is 1.35 bits per heavy atom. The highest BCUT2D eigenvalue weighted by molar-refractivity contribution is 5.75. The number of hydrogen-bond donors (Lipinski definition) is 0. The molecule has 0 bridgehead atoms. The van der Waals surface area contributed by atoms with Gasteiger partial charge in [0.2, 0.25) is 0 Å². The lowest BCUT2D eigenvalue weighted by Crippen LogP contribution is -2.32. The number of hydrogen-bond acceptors (Lipinski definition) is 5. The zero-order chi connectivity index (χ0) is 16.5. The van der Waals surface area contributed by atoms with Gasteiger partial charge in [-0.2, -0.15) is 10.4 Å². The van der Waals surface area contributed by atoms with E-state index in [9.17, 15) is 4.79 Å². The molecule has 0 aliphatic heterocycles. The summed E-state index contributed by atoms with van der Waals surface area (Å²) in [4.78, 5) is 13.5. The van der Waals surface area contributed by atoms with Crippen LogP contribution in [0.1, 0.15) is 18.9 Å². The van der Waals surface area contributed by atoms with Crippen LogP contribution in [0.15, 0.2) is 42.6 Å². The third-order valence-electron chi connectivity index (χ3n) is 3.26. The number of aromatic nitrogens is 2. The molecule has 1 heterocycles. The van der Waals surface area contributed by atoms with Gasteiger partial charge in [0.15, 0.2) is 5.82 Å². The normalized spacial score (nSPS) is 10.1. The molecular weight excluding hydrogens is 292 g/mol. The molecule has 6 heteroatoms. The molecule has 2 aromatic rings. The summed E-state index contributed by atoms with van der Waals surface area (Å²) in [5.41, 5.74) is 1.15. The molecule has 1 aromatic heterocycles. The van der Waals surface area contributed by atoms with Crippen LogP contribution < -0.4 is 4.90 Å². The van der Waals surface area contributed by atoms with E-state index in [2.05, 4.69) is 11.2 Å². The number of nitrogens with zero attached hydrogens (tertiary/aromatic N) is 4. The maximum Gasteiger partial charge on any atom is 0.325 e. The first kappa shape index (κ1) is 16.6. The van der Waals surface area contributed by atoms with Crippen LogP contribution in [0.3, 0.4) is 0 Å². The van der Waals surface area contributed by atoms with Gasteiger partial charge >= 0.3 is 5.97 Å². The Bertz CT molecular complexity index is 661. The van der Waals surface area contributed by atoms with Gasteiger partial charge in [-0.25, -0.2) is 0 Å². The van der Waals surface area contributed by atoms with E-state index in [1.54, 1.807) is 11.8 Å². The van der Waals surface area contributed by atoms with Crippen molar-refractivity contribution in [2.24, 2.45) is 0 Å². The molecule has 0 amide bonds. The summed E-state index contributed by atoms with van der Waals surface area (Å²) in [6.45, 7) is 3.31. The lowest BCUT2D eigenvalue weighted by molar-refractivity contribution is -0.141. The molecule has 0 saturated carbocycles. The van der Waals surface area contributed by atoms with E-state index in [1.807, 2.05) is 47.3 Å². The fourth-order valence-corrected chi connectivity index (χ4v) is 2.20. The highest BCUT2D eigenvalue weighted by atomic mass is 16.5. The minimum atomic E-state index is -0.317. The topological polar surface area (TPSA) is 71.2 Å². The molecule has 0 N–H and O–H groups in total. The lowest BCUT2D eigenvalue weighted by atomic mass is 10.2. The second-order valence-corrected chi connectivity index (χ2v) is 4.99. The first-order valence-electron chi connectivity index (χ1n) is 7.58. The van der Waals surface area contributed by atoms with Crippen molar-refractivity contribution in [3.05, 3.63) is 48.2 Å². The van der Waals surface area contributed by atoms with Crippen LogP contribution in [0, 0.1) is 11.3 Å². The van der Waals surface area contributed by atoms with Gasteiger partial charge in [0.25, 0.3) is 0 Å². The number of benzene rings is 1. The quantitative estimate of drug-likeness (QED) is 0.699. The maximum atomic E-state index is 11.7. The molecular formula is C17H20N4O2. The summed E-state index contributed by atoms with van der Waals surface area (Å²) in [6, 6.07) is 14.0. The Balaban J connectivity index is 2.06. The summed E-state index contributed by atoms with van der Waals surface area (Å²) in [5.74, 6) is 0.354. The monoisotopic (exact) mass is 312 g/mol. The number of esters is 1. The molecule has 2 rings (SSSR count). The molecule has 0 atom stereocenters. The summed E-state index contributed by atoms with van der Waals surface area (Å²) >= 11 is 0. The average Bonchev–Trinajstić information content (AvgIpc) is 3.01. The van der Waals surface area contributed by atoms with Crippen molar-refractivity contribution in [1.82, 2.24) is 9.78 Å². The number of nitriles is 1. The number of carbonyl (C=O) groups is 1. The van der Waals surface area contributed by atoms with Gasteiger partial charge < -0.3 is 9.64 Å². The number of ether oxygens (including phenoxy) is 1. The summed E-state index contributed by atoms with van der Waals surface area (Å²) in [7, 11) is 0. The van der Waals surface area contributed by atoms with Crippen LogP contribution >= 0.6 is 0 Å². The van der Waals surface area contributed by atoms with Crippen molar-refractivity contribution >= 4 is 11.8 Å². The minimum absolute atomic E-state index is 0.0951. The predicted molar refractivity (Wildman–Crippen MR) is 86.8 cm³/mol. The Kier molecular flexibility index (Phi) is 6.18. The standard InChI is InChI=1S/C17H20N4O2/c1-2-23-17(22)14-20(11-6-10-18)16-9-12-21(19-16)13-15-7-4-3-5-8-15/h3-5,7-9,12H,2,6,11,13-14H2,1H3. The second-order valence-electron chi connectivity index (χ2n) is 4.99. The molecule has 1 aromatic carbocycles. The molecule has 0 aliphatic carbocycles. The van der Waals surface area contributed by atoms with Gasteiger partial charge in [-0.05, 0) is 12.5 Å². The molecule has 120 valence electrons. The Hall–Kier alpha value is -2.81. The summed E-state index contributed by atoms with van der Waals surface area (Å²) in [6.07, 6.45) is 2.19. The van der Waals surface area contributed by atoms with Crippen LogP contribution in [0.2, 0.25) is 0 Å². The lowest BCUT2D eigenvalue weighted by Gasteiger charge is -2.19. The number of carbonyl (C=O) groups excluding carboxylic acids is 1. The van der Waals surface area contributed by atoms with Crippen LogP contribution in [0.4, 0.5) is 5.82 Å². The van der Waals surface area contributed by atoms with Gasteiger partial charge in [-0.3, -0.25) is 9.48 Å². The fraction of sp³-hybridized carbons (Fsp3) is 0.353. The fourth-order valence-electron chi connectivity index (χ4n) is 2.20. The smallest absolute Gasteiger partial charge is 0.325 e. The number of rotatable bonds is 8. The van der Waals surface area contributed by atoms with Crippen molar-refractivity contribution in [2.75, 3.05) is 24.6 Å². The van der Waals surface area contributed by atoms with E-state index in [1.165, 1.54) is 0 Å². The molecule has 23 heavy (non-hydrogen) atoms. The third-order valence-corrected chi connectivity index (χ3v) is 3.26. The van der Waals surface area contributed by atoms with E-state index in [4.69, 9.17) is 10.00 Å². The van der Waals surface area contributed by atoms with Crippen molar-refractivity contribution in [3.8, 4) is 6.07 Å². The van der Waals surface area contributed by atoms with Gasteiger partial charge in [-0.1, -0.05) is 30.3 Å². The van der Waals surface area contributed by atoms with Crippen LogP contribution in [-0.2, 0) is 16.1 Å². The zero-order valence-electron chi connectivity index (χ0n) is 13.2. The van der Waals surface area contributed by atoms with Crippen molar-refractivity contribution < 1.29 is 9.53 Å². The second kappa shape index (κ2) is 8.59. The average molecular weight is 312 g/mol. The highest BCUT2D eigenvalue weighted by Crippen LogP contribution is 2.12. The minimum Gasteiger partial charge on any atom is -0.465 e. The Morgan fingerprint density at radius 2 is 2.13 bits per heavy atom. The van der Waals surface area contributed by atoms with Crippen molar-refractivity contribution in [2.45, 2.75) is 19.9 Å². The van der Waals surface area contributed by atoms with Gasteiger partial charge in [0.1, 0.15) is 6.54 Å². The molecule has 0 unspecified atom stereocenters.